The molecule has 2 aromatic carbocycles. The van der Waals surface area contributed by atoms with Gasteiger partial charge in [-0.1, -0.05) is 49.7 Å². The summed E-state index contributed by atoms with van der Waals surface area (Å²) >= 11 is 5.98. The number of fused-ring (bicyclic) bond motifs is 1. The summed E-state index contributed by atoms with van der Waals surface area (Å²) in [6.07, 6.45) is 0.0410. The summed E-state index contributed by atoms with van der Waals surface area (Å²) in [5.74, 6) is -0.760. The second kappa shape index (κ2) is 11.9. The van der Waals surface area contributed by atoms with Gasteiger partial charge < -0.3 is 20.2 Å². The van der Waals surface area contributed by atoms with Crippen LogP contribution in [0, 0.1) is 5.92 Å². The number of β-amino-alcohol motifs (C(OH)–C–C–N with tert-alkyl or cyclic N) is 1. The number of para-hydroxylation sites is 1. The molecule has 0 bridgehead atoms. The molecule has 204 valence electrons. The van der Waals surface area contributed by atoms with Gasteiger partial charge in [0, 0.05) is 23.5 Å². The van der Waals surface area contributed by atoms with E-state index in [0.717, 1.165) is 5.39 Å². The lowest BCUT2D eigenvalue weighted by Crippen LogP contribution is -2.54. The van der Waals surface area contributed by atoms with Gasteiger partial charge in [0.25, 0.3) is 5.91 Å². The van der Waals surface area contributed by atoms with Gasteiger partial charge in [-0.05, 0) is 55.5 Å². The predicted octanol–water partition coefficient (Wildman–Crippen LogP) is 3.56. The lowest BCUT2D eigenvalue weighted by atomic mass is 10.0. The van der Waals surface area contributed by atoms with Crippen molar-refractivity contribution in [2.24, 2.45) is 5.92 Å². The van der Waals surface area contributed by atoms with Gasteiger partial charge in [-0.15, -0.1) is 0 Å². The van der Waals surface area contributed by atoms with Crippen LogP contribution in [-0.4, -0.2) is 60.9 Å². The van der Waals surface area contributed by atoms with Crippen molar-refractivity contribution in [3.8, 4) is 0 Å². The zero-order chi connectivity index (χ0) is 27.4. The summed E-state index contributed by atoms with van der Waals surface area (Å²) in [6, 6.07) is 13.3. The van der Waals surface area contributed by atoms with Gasteiger partial charge >= 0.3 is 0 Å². The van der Waals surface area contributed by atoms with E-state index in [2.05, 4.69) is 10.6 Å². The van der Waals surface area contributed by atoms with Crippen molar-refractivity contribution in [2.45, 2.75) is 56.2 Å². The Kier molecular flexibility index (Phi) is 8.77. The minimum Gasteiger partial charge on any atom is -0.451 e. The molecule has 11 heteroatoms. The van der Waals surface area contributed by atoms with Crippen LogP contribution in [0.2, 0.25) is 5.02 Å². The number of hydrogen-bond donors (Lipinski definition) is 3. The Hall–Kier alpha value is -2.92. The molecule has 0 saturated carbocycles. The molecule has 2 unspecified atom stereocenters. The van der Waals surface area contributed by atoms with Crippen LogP contribution in [0.15, 0.2) is 63.9 Å². The van der Waals surface area contributed by atoms with Crippen LogP contribution in [0.3, 0.4) is 0 Å². The molecule has 2 amide bonds. The highest BCUT2D eigenvalue weighted by atomic mass is 35.5. The fourth-order valence-corrected chi connectivity index (χ4v) is 6.38. The van der Waals surface area contributed by atoms with E-state index < -0.39 is 40.0 Å². The zero-order valence-corrected chi connectivity index (χ0v) is 22.8. The quantitative estimate of drug-likeness (QED) is 0.386. The van der Waals surface area contributed by atoms with Crippen molar-refractivity contribution < 1.29 is 27.5 Å². The summed E-state index contributed by atoms with van der Waals surface area (Å²) in [5.41, 5.74) is 0.571. The third-order valence-electron chi connectivity index (χ3n) is 6.52. The number of nitrogens with zero attached hydrogens (tertiary/aromatic N) is 1. The normalized spacial score (nSPS) is 19.7. The van der Waals surface area contributed by atoms with Crippen LogP contribution in [0.25, 0.3) is 11.0 Å². The Morgan fingerprint density at radius 2 is 1.92 bits per heavy atom. The average molecular weight is 562 g/mol. The Labute approximate surface area is 227 Å². The molecule has 1 saturated heterocycles. The number of benzene rings is 2. The third kappa shape index (κ3) is 6.55. The minimum absolute atomic E-state index is 0.0463. The van der Waals surface area contributed by atoms with E-state index in [4.69, 9.17) is 16.0 Å². The average Bonchev–Trinajstić information content (AvgIpc) is 3.22. The summed E-state index contributed by atoms with van der Waals surface area (Å²) in [4.78, 5) is 26.2. The van der Waals surface area contributed by atoms with Crippen LogP contribution in [0.1, 0.15) is 43.7 Å². The number of nitrogens with one attached hydrogen (secondary N) is 2. The number of carbonyl (C=O) groups excluding carboxylic acids is 2. The Morgan fingerprint density at radius 3 is 2.63 bits per heavy atom. The second-order valence-corrected chi connectivity index (χ2v) is 12.3. The molecular formula is C27H32ClN3O6S. The molecule has 1 aliphatic rings. The van der Waals surface area contributed by atoms with Crippen molar-refractivity contribution in [1.82, 2.24) is 14.9 Å². The van der Waals surface area contributed by atoms with Crippen LogP contribution >= 0.6 is 11.6 Å². The largest absolute Gasteiger partial charge is 0.451 e. The Balaban J connectivity index is 1.44. The van der Waals surface area contributed by atoms with E-state index in [1.54, 1.807) is 24.3 Å². The molecule has 3 aromatic rings. The zero-order valence-electron chi connectivity index (χ0n) is 21.3. The van der Waals surface area contributed by atoms with Gasteiger partial charge in [-0.25, -0.2) is 8.42 Å². The molecule has 0 radical (unpaired) electrons. The van der Waals surface area contributed by atoms with Crippen molar-refractivity contribution in [2.75, 3.05) is 13.1 Å². The van der Waals surface area contributed by atoms with Crippen LogP contribution in [-0.2, 0) is 14.8 Å². The summed E-state index contributed by atoms with van der Waals surface area (Å²) in [7, 11) is -3.87. The molecule has 2 heterocycles. The van der Waals surface area contributed by atoms with E-state index in [1.165, 1.54) is 16.4 Å². The Morgan fingerprint density at radius 1 is 1.16 bits per heavy atom. The number of rotatable bonds is 8. The lowest BCUT2D eigenvalue weighted by molar-refractivity contribution is -0.125. The van der Waals surface area contributed by atoms with Crippen LogP contribution < -0.4 is 10.6 Å². The minimum atomic E-state index is -3.87. The smallest absolute Gasteiger partial charge is 0.287 e. The first kappa shape index (κ1) is 28.1. The number of halogens is 1. The molecule has 1 aromatic heterocycles. The molecule has 38 heavy (non-hydrogen) atoms. The number of aliphatic hydroxyl groups excluding tert-OH is 1. The van der Waals surface area contributed by atoms with Crippen LogP contribution in [0.4, 0.5) is 0 Å². The van der Waals surface area contributed by atoms with Crippen molar-refractivity contribution in [3.63, 3.8) is 0 Å². The summed E-state index contributed by atoms with van der Waals surface area (Å²) < 4.78 is 33.1. The number of furan rings is 1. The lowest BCUT2D eigenvalue weighted by Gasteiger charge is -2.27. The molecule has 1 aliphatic heterocycles. The van der Waals surface area contributed by atoms with Gasteiger partial charge in [0.15, 0.2) is 5.76 Å². The highest BCUT2D eigenvalue weighted by Gasteiger charge is 2.35. The van der Waals surface area contributed by atoms with Gasteiger partial charge in [-0.3, -0.25) is 9.59 Å². The van der Waals surface area contributed by atoms with E-state index in [1.807, 2.05) is 32.0 Å². The SMILES string of the molecule is CC(C)CC(NC(=O)c1cc2ccccc2o1)C(=O)NC1CCCN(S(=O)(=O)c2cccc(Cl)c2)C[C@@H]1O. The topological polar surface area (TPSA) is 129 Å². The summed E-state index contributed by atoms with van der Waals surface area (Å²) in [6.45, 7) is 3.88. The highest BCUT2D eigenvalue weighted by molar-refractivity contribution is 7.89. The maximum atomic E-state index is 13.3. The number of sulfonamides is 1. The molecule has 4 rings (SSSR count). The molecule has 3 atom stereocenters. The van der Waals surface area contributed by atoms with E-state index in [-0.39, 0.29) is 29.7 Å². The van der Waals surface area contributed by atoms with Gasteiger partial charge in [0.2, 0.25) is 15.9 Å². The fraction of sp³-hybridized carbons (Fsp3) is 0.407. The number of hydrogen-bond acceptors (Lipinski definition) is 6. The molecule has 3 N–H and O–H groups in total. The number of aliphatic hydroxyl groups is 1. The molecule has 9 nitrogen and oxygen atoms in total. The van der Waals surface area contributed by atoms with Gasteiger partial charge in [0.05, 0.1) is 17.0 Å². The van der Waals surface area contributed by atoms with E-state index in [0.29, 0.717) is 29.9 Å². The number of amides is 2. The predicted molar refractivity (Wildman–Crippen MR) is 144 cm³/mol. The first-order chi connectivity index (χ1) is 18.0. The second-order valence-electron chi connectivity index (χ2n) is 9.95. The number of carbonyl (C=O) groups is 2. The summed E-state index contributed by atoms with van der Waals surface area (Å²) in [5, 5.41) is 17.6. The van der Waals surface area contributed by atoms with E-state index in [9.17, 15) is 23.1 Å². The molecular weight excluding hydrogens is 530 g/mol. The maximum Gasteiger partial charge on any atom is 0.287 e. The van der Waals surface area contributed by atoms with Crippen LogP contribution in [0.5, 0.6) is 0 Å². The first-order valence-corrected chi connectivity index (χ1v) is 14.4. The highest BCUT2D eigenvalue weighted by Crippen LogP contribution is 2.24. The maximum absolute atomic E-state index is 13.3. The fourth-order valence-electron chi connectivity index (χ4n) is 4.58. The monoisotopic (exact) mass is 561 g/mol. The van der Waals surface area contributed by atoms with Gasteiger partial charge in [0.1, 0.15) is 11.6 Å². The van der Waals surface area contributed by atoms with Crippen molar-refractivity contribution in [3.05, 3.63) is 65.4 Å². The molecule has 1 fully saturated rings. The molecule has 0 aliphatic carbocycles. The standard InChI is InChI=1S/C27H32ClN3O6S/c1-17(2)13-22(30-27(34)25-14-18-7-3-4-11-24(18)37-25)26(33)29-21-10-6-12-31(16-23(21)32)38(35,36)20-9-5-8-19(28)15-20/h3-5,7-9,11,14-15,17,21-23,32H,6,10,12-13,16H2,1-2H3,(H,29,33)(H,30,34)/t21?,22?,23-/m0/s1. The molecule has 0 spiro atoms. The van der Waals surface area contributed by atoms with Crippen molar-refractivity contribution >= 4 is 44.4 Å². The van der Waals surface area contributed by atoms with E-state index >= 15 is 0 Å². The Bertz CT molecular complexity index is 1370. The van der Waals surface area contributed by atoms with Crippen molar-refractivity contribution in [1.29, 1.82) is 0 Å². The van der Waals surface area contributed by atoms with Gasteiger partial charge in [-0.2, -0.15) is 4.31 Å². The first-order valence-electron chi connectivity index (χ1n) is 12.6. The third-order valence-corrected chi connectivity index (χ3v) is 8.61.